The molecule has 0 aliphatic carbocycles. The largest absolute Gasteiger partial charge is 0.491 e. The molecule has 0 bridgehead atoms. The molecule has 1 atom stereocenters. The number of hydrogen-bond donors (Lipinski definition) is 1. The molecule has 27 heavy (non-hydrogen) atoms. The summed E-state index contributed by atoms with van der Waals surface area (Å²) < 4.78 is 10.8. The van der Waals surface area contributed by atoms with Gasteiger partial charge in [0.2, 0.25) is 5.91 Å². The molecule has 0 aliphatic heterocycles. The topological polar surface area (TPSA) is 50.8 Å². The maximum Gasteiger partial charge on any atom is 0.244 e. The molecular weight excluding hydrogens is 384 g/mol. The quantitative estimate of drug-likeness (QED) is 0.630. The second-order valence-electron chi connectivity index (χ2n) is 6.08. The van der Waals surface area contributed by atoms with Gasteiger partial charge in [0.25, 0.3) is 0 Å². The second-order valence-corrected chi connectivity index (χ2v) is 7.27. The standard InChI is InChI=1S/C20H25ClN2O3S/c1-5-26-18-11-14(10-16(21)20(18)25-4)6-7-19(24)22-12-17(23(2)3)15-8-9-27-13-15/h6-11,13,17H,5,12H2,1-4H3,(H,22,24)/b7-6+. The third-order valence-electron chi connectivity index (χ3n) is 3.98. The highest BCUT2D eigenvalue weighted by molar-refractivity contribution is 7.07. The van der Waals surface area contributed by atoms with Crippen molar-refractivity contribution in [2.45, 2.75) is 13.0 Å². The van der Waals surface area contributed by atoms with E-state index in [4.69, 9.17) is 21.1 Å². The summed E-state index contributed by atoms with van der Waals surface area (Å²) in [5.41, 5.74) is 1.96. The summed E-state index contributed by atoms with van der Waals surface area (Å²) in [6.45, 7) is 2.91. The predicted molar refractivity (Wildman–Crippen MR) is 112 cm³/mol. The third kappa shape index (κ3) is 5.99. The van der Waals surface area contributed by atoms with Crippen LogP contribution in [0.15, 0.2) is 35.0 Å². The fraction of sp³-hybridized carbons (Fsp3) is 0.350. The first kappa shape index (κ1) is 21.3. The Kier molecular flexibility index (Phi) is 8.16. The molecule has 1 heterocycles. The first-order chi connectivity index (χ1) is 13.0. The van der Waals surface area contributed by atoms with Crippen LogP contribution in [-0.4, -0.2) is 45.2 Å². The molecule has 7 heteroatoms. The number of carbonyl (C=O) groups is 1. The van der Waals surface area contributed by atoms with Crippen LogP contribution in [0.1, 0.15) is 24.1 Å². The maximum absolute atomic E-state index is 12.2. The lowest BCUT2D eigenvalue weighted by molar-refractivity contribution is -0.116. The van der Waals surface area contributed by atoms with E-state index in [9.17, 15) is 4.79 Å². The van der Waals surface area contributed by atoms with E-state index in [1.165, 1.54) is 11.6 Å². The van der Waals surface area contributed by atoms with Gasteiger partial charge in [-0.25, -0.2) is 0 Å². The zero-order valence-electron chi connectivity index (χ0n) is 16.0. The van der Waals surface area contributed by atoms with E-state index in [0.717, 1.165) is 5.56 Å². The van der Waals surface area contributed by atoms with Crippen LogP contribution in [-0.2, 0) is 4.79 Å². The van der Waals surface area contributed by atoms with Gasteiger partial charge in [-0.1, -0.05) is 11.6 Å². The number of methoxy groups -OCH3 is 1. The number of carbonyl (C=O) groups excluding carboxylic acids is 1. The molecular formula is C20H25ClN2O3S. The predicted octanol–water partition coefficient (Wildman–Crippen LogP) is 4.24. The number of amides is 1. The van der Waals surface area contributed by atoms with E-state index in [-0.39, 0.29) is 11.9 Å². The Morgan fingerprint density at radius 3 is 2.78 bits per heavy atom. The van der Waals surface area contributed by atoms with Crippen molar-refractivity contribution in [1.82, 2.24) is 10.2 Å². The number of hydrogen-bond acceptors (Lipinski definition) is 5. The highest BCUT2D eigenvalue weighted by atomic mass is 35.5. The van der Waals surface area contributed by atoms with Gasteiger partial charge in [-0.15, -0.1) is 0 Å². The summed E-state index contributed by atoms with van der Waals surface area (Å²) in [6, 6.07) is 5.74. The van der Waals surface area contributed by atoms with Crippen LogP contribution < -0.4 is 14.8 Å². The zero-order valence-corrected chi connectivity index (χ0v) is 17.6. The minimum absolute atomic E-state index is 0.133. The van der Waals surface area contributed by atoms with Gasteiger partial charge in [-0.2, -0.15) is 11.3 Å². The first-order valence-corrected chi connectivity index (χ1v) is 9.93. The highest BCUT2D eigenvalue weighted by Gasteiger charge is 2.15. The minimum atomic E-state index is -0.165. The molecule has 1 unspecified atom stereocenters. The fourth-order valence-electron chi connectivity index (χ4n) is 2.64. The third-order valence-corrected chi connectivity index (χ3v) is 4.97. The number of nitrogens with zero attached hydrogens (tertiary/aromatic N) is 1. The molecule has 1 amide bonds. The van der Waals surface area contributed by atoms with Crippen molar-refractivity contribution in [3.8, 4) is 11.5 Å². The van der Waals surface area contributed by atoms with Gasteiger partial charge in [-0.05, 0) is 67.2 Å². The Labute approximate surface area is 169 Å². The Bertz CT molecular complexity index is 776. The number of ether oxygens (including phenoxy) is 2. The minimum Gasteiger partial charge on any atom is -0.491 e. The van der Waals surface area contributed by atoms with E-state index in [1.807, 2.05) is 26.4 Å². The van der Waals surface area contributed by atoms with E-state index in [2.05, 4.69) is 21.7 Å². The maximum atomic E-state index is 12.2. The number of halogens is 1. The van der Waals surface area contributed by atoms with Crippen molar-refractivity contribution >= 4 is 34.9 Å². The van der Waals surface area contributed by atoms with E-state index in [1.54, 1.807) is 36.7 Å². The average Bonchev–Trinajstić information content (AvgIpc) is 3.14. The molecule has 1 aromatic heterocycles. The van der Waals surface area contributed by atoms with Gasteiger partial charge in [0.1, 0.15) is 0 Å². The van der Waals surface area contributed by atoms with Crippen molar-refractivity contribution in [2.75, 3.05) is 34.4 Å². The molecule has 0 spiro atoms. The Balaban J connectivity index is 2.03. The van der Waals surface area contributed by atoms with Gasteiger partial charge >= 0.3 is 0 Å². The molecule has 2 rings (SSSR count). The molecule has 1 aromatic carbocycles. The molecule has 1 N–H and O–H groups in total. The monoisotopic (exact) mass is 408 g/mol. The van der Waals surface area contributed by atoms with Gasteiger partial charge in [0.15, 0.2) is 11.5 Å². The average molecular weight is 409 g/mol. The Morgan fingerprint density at radius 1 is 1.41 bits per heavy atom. The SMILES string of the molecule is CCOc1cc(/C=C/C(=O)NCC(c2ccsc2)N(C)C)cc(Cl)c1OC. The molecule has 0 saturated heterocycles. The molecule has 0 radical (unpaired) electrons. The van der Waals surface area contributed by atoms with Crippen molar-refractivity contribution in [2.24, 2.45) is 0 Å². The molecule has 146 valence electrons. The van der Waals surface area contributed by atoms with Crippen LogP contribution in [0.4, 0.5) is 0 Å². The first-order valence-electron chi connectivity index (χ1n) is 8.61. The summed E-state index contributed by atoms with van der Waals surface area (Å²) in [4.78, 5) is 14.3. The summed E-state index contributed by atoms with van der Waals surface area (Å²) in [5, 5.41) is 7.52. The molecule has 0 fully saturated rings. The molecule has 0 aliphatic rings. The van der Waals surface area contributed by atoms with Crippen molar-refractivity contribution in [3.63, 3.8) is 0 Å². The summed E-state index contributed by atoms with van der Waals surface area (Å²) >= 11 is 7.89. The molecule has 2 aromatic rings. The lowest BCUT2D eigenvalue weighted by Crippen LogP contribution is -2.33. The Morgan fingerprint density at radius 2 is 2.19 bits per heavy atom. The van der Waals surface area contributed by atoms with E-state index >= 15 is 0 Å². The van der Waals surface area contributed by atoms with Gasteiger partial charge in [0.05, 0.1) is 24.8 Å². The van der Waals surface area contributed by atoms with Crippen molar-refractivity contribution < 1.29 is 14.3 Å². The Hall–Kier alpha value is -2.02. The number of thiophene rings is 1. The number of benzene rings is 1. The lowest BCUT2D eigenvalue weighted by atomic mass is 10.1. The smallest absolute Gasteiger partial charge is 0.244 e. The number of nitrogens with one attached hydrogen (secondary N) is 1. The zero-order chi connectivity index (χ0) is 19.8. The number of rotatable bonds is 9. The van der Waals surface area contributed by atoms with Gasteiger partial charge in [-0.3, -0.25) is 4.79 Å². The van der Waals surface area contributed by atoms with Crippen LogP contribution in [0, 0.1) is 0 Å². The summed E-state index contributed by atoms with van der Waals surface area (Å²) in [5.74, 6) is 0.879. The van der Waals surface area contributed by atoms with E-state index in [0.29, 0.717) is 29.7 Å². The summed E-state index contributed by atoms with van der Waals surface area (Å²) in [7, 11) is 5.54. The normalized spacial score (nSPS) is 12.4. The number of likely N-dealkylation sites (N-methyl/N-ethyl adjacent to an activating group) is 1. The van der Waals surface area contributed by atoms with Crippen molar-refractivity contribution in [3.05, 3.63) is 51.2 Å². The van der Waals surface area contributed by atoms with Gasteiger partial charge in [0, 0.05) is 12.6 Å². The van der Waals surface area contributed by atoms with Crippen LogP contribution in [0.5, 0.6) is 11.5 Å². The lowest BCUT2D eigenvalue weighted by Gasteiger charge is -2.23. The summed E-state index contributed by atoms with van der Waals surface area (Å²) in [6.07, 6.45) is 3.20. The highest BCUT2D eigenvalue weighted by Crippen LogP contribution is 2.36. The molecule has 0 saturated carbocycles. The van der Waals surface area contributed by atoms with Gasteiger partial charge < -0.3 is 19.7 Å². The fourth-order valence-corrected chi connectivity index (χ4v) is 3.64. The van der Waals surface area contributed by atoms with Crippen molar-refractivity contribution in [1.29, 1.82) is 0 Å². The second kappa shape index (κ2) is 10.3. The van der Waals surface area contributed by atoms with Crippen LogP contribution in [0.3, 0.4) is 0 Å². The van der Waals surface area contributed by atoms with Crippen LogP contribution >= 0.6 is 22.9 Å². The van der Waals surface area contributed by atoms with E-state index < -0.39 is 0 Å². The van der Waals surface area contributed by atoms with Crippen LogP contribution in [0.25, 0.3) is 6.08 Å². The van der Waals surface area contributed by atoms with Crippen LogP contribution in [0.2, 0.25) is 5.02 Å². The molecule has 5 nitrogen and oxygen atoms in total.